The Bertz CT molecular complexity index is 819. The van der Waals surface area contributed by atoms with E-state index in [-0.39, 0.29) is 0 Å². The fourth-order valence-corrected chi connectivity index (χ4v) is 2.25. The van der Waals surface area contributed by atoms with Gasteiger partial charge >= 0.3 is 0 Å². The van der Waals surface area contributed by atoms with Gasteiger partial charge < -0.3 is 4.74 Å². The van der Waals surface area contributed by atoms with Crippen LogP contribution in [0.15, 0.2) is 48.5 Å². The van der Waals surface area contributed by atoms with Crippen molar-refractivity contribution >= 4 is 0 Å². The molecule has 0 bridgehead atoms. The minimum atomic E-state index is 0.333. The molecule has 0 saturated carbocycles. The van der Waals surface area contributed by atoms with Crippen LogP contribution >= 0.6 is 0 Å². The Morgan fingerprint density at radius 3 is 2.12 bits per heavy atom. The minimum absolute atomic E-state index is 0.333. The zero-order valence-electron chi connectivity index (χ0n) is 14.5. The van der Waals surface area contributed by atoms with Crippen molar-refractivity contribution in [1.82, 2.24) is 0 Å². The molecule has 124 valence electrons. The van der Waals surface area contributed by atoms with Crippen molar-refractivity contribution < 1.29 is 4.74 Å². The molecular weight excluding hydrogens is 306 g/mol. The van der Waals surface area contributed by atoms with Gasteiger partial charge in [-0.05, 0) is 59.6 Å². The molecule has 25 heavy (non-hydrogen) atoms. The molecule has 0 aliphatic heterocycles. The number of nitrogens with zero attached hydrogens (tertiary/aromatic N) is 1. The van der Waals surface area contributed by atoms with Gasteiger partial charge in [0.05, 0.1) is 11.6 Å². The fourth-order valence-electron chi connectivity index (χ4n) is 2.25. The van der Waals surface area contributed by atoms with Crippen molar-refractivity contribution in [3.8, 4) is 46.6 Å². The number of rotatable bonds is 6. The highest BCUT2D eigenvalue weighted by Crippen LogP contribution is 2.22. The summed E-state index contributed by atoms with van der Waals surface area (Å²) in [5.74, 6) is 12.4. The molecule has 2 nitrogen and oxygen atoms in total. The summed E-state index contributed by atoms with van der Waals surface area (Å²) in [6.45, 7) is 2.52. The number of ether oxygens (including phenoxy) is 1. The van der Waals surface area contributed by atoms with Gasteiger partial charge in [0.1, 0.15) is 12.4 Å². The van der Waals surface area contributed by atoms with Crippen LogP contribution in [-0.2, 0) is 0 Å². The lowest BCUT2D eigenvalue weighted by Crippen LogP contribution is -1.93. The summed E-state index contributed by atoms with van der Waals surface area (Å²) in [5, 5.41) is 8.83. The normalized spacial score (nSPS) is 9.12. The Kier molecular flexibility index (Phi) is 7.71. The Morgan fingerprint density at radius 1 is 0.840 bits per heavy atom. The van der Waals surface area contributed by atoms with Crippen molar-refractivity contribution in [2.75, 3.05) is 6.61 Å². The number of hydrogen-bond donors (Lipinski definition) is 0. The molecular formula is C23H21NO. The highest BCUT2D eigenvalue weighted by Gasteiger charge is 1.99. The quantitative estimate of drug-likeness (QED) is 0.540. The summed E-state index contributed by atoms with van der Waals surface area (Å²) in [4.78, 5) is 0. The lowest BCUT2D eigenvalue weighted by atomic mass is 10.0. The number of benzene rings is 2. The molecule has 2 aromatic rings. The second-order valence-corrected chi connectivity index (χ2v) is 5.56. The van der Waals surface area contributed by atoms with E-state index in [4.69, 9.17) is 10.00 Å². The van der Waals surface area contributed by atoms with Crippen LogP contribution in [0.5, 0.6) is 5.75 Å². The molecule has 2 aromatic carbocycles. The summed E-state index contributed by atoms with van der Waals surface area (Å²) in [6, 6.07) is 17.5. The summed E-state index contributed by atoms with van der Waals surface area (Å²) in [5.41, 5.74) is 2.82. The van der Waals surface area contributed by atoms with E-state index < -0.39 is 0 Å². The van der Waals surface area contributed by atoms with Crippen LogP contribution in [0.4, 0.5) is 0 Å². The third-order valence-corrected chi connectivity index (χ3v) is 3.66. The highest BCUT2D eigenvalue weighted by atomic mass is 16.5. The van der Waals surface area contributed by atoms with Gasteiger partial charge in [-0.25, -0.2) is 0 Å². The minimum Gasteiger partial charge on any atom is -0.481 e. The van der Waals surface area contributed by atoms with Crippen LogP contribution in [0.25, 0.3) is 11.1 Å². The highest BCUT2D eigenvalue weighted by molar-refractivity contribution is 5.64. The smallest absolute Gasteiger partial charge is 0.150 e. The van der Waals surface area contributed by atoms with Gasteiger partial charge in [0, 0.05) is 6.42 Å². The molecule has 0 saturated heterocycles. The van der Waals surface area contributed by atoms with E-state index in [0.717, 1.165) is 29.7 Å². The average Bonchev–Trinajstić information content (AvgIpc) is 2.67. The van der Waals surface area contributed by atoms with E-state index in [1.54, 1.807) is 0 Å². The Hall–Kier alpha value is -3.15. The number of hydrogen-bond acceptors (Lipinski definition) is 2. The van der Waals surface area contributed by atoms with E-state index in [2.05, 4.69) is 36.7 Å². The molecule has 0 aromatic heterocycles. The van der Waals surface area contributed by atoms with Crippen LogP contribution < -0.4 is 4.74 Å². The third kappa shape index (κ3) is 6.47. The molecule has 0 aliphatic rings. The Balaban J connectivity index is 1.81. The summed E-state index contributed by atoms with van der Waals surface area (Å²) in [7, 11) is 0. The maximum atomic E-state index is 8.83. The first-order valence-electron chi connectivity index (χ1n) is 8.52. The molecule has 0 fully saturated rings. The SMILES string of the molecule is CCCCCC#CC#CCOc1ccc(-c2ccc(C#N)cc2)cc1. The predicted molar refractivity (Wildman–Crippen MR) is 102 cm³/mol. The second kappa shape index (κ2) is 10.6. The van der Waals surface area contributed by atoms with E-state index in [0.29, 0.717) is 12.2 Å². The maximum Gasteiger partial charge on any atom is 0.150 e. The summed E-state index contributed by atoms with van der Waals surface area (Å²) < 4.78 is 5.59. The van der Waals surface area contributed by atoms with Crippen molar-refractivity contribution in [3.63, 3.8) is 0 Å². The van der Waals surface area contributed by atoms with Crippen molar-refractivity contribution in [2.45, 2.75) is 32.6 Å². The second-order valence-electron chi connectivity index (χ2n) is 5.56. The molecule has 2 heteroatoms. The summed E-state index contributed by atoms with van der Waals surface area (Å²) >= 11 is 0. The third-order valence-electron chi connectivity index (χ3n) is 3.66. The van der Waals surface area contributed by atoms with Gasteiger partial charge in [-0.15, -0.1) is 0 Å². The van der Waals surface area contributed by atoms with E-state index in [9.17, 15) is 0 Å². The fraction of sp³-hybridized carbons (Fsp3) is 0.261. The molecule has 0 spiro atoms. The van der Waals surface area contributed by atoms with Gasteiger partial charge in [-0.1, -0.05) is 50.0 Å². The average molecular weight is 327 g/mol. The van der Waals surface area contributed by atoms with Crippen LogP contribution in [0.3, 0.4) is 0 Å². The van der Waals surface area contributed by atoms with E-state index in [1.165, 1.54) is 12.8 Å². The number of unbranched alkanes of at least 4 members (excludes halogenated alkanes) is 3. The maximum absolute atomic E-state index is 8.83. The molecule has 0 aliphatic carbocycles. The molecule has 0 heterocycles. The zero-order valence-corrected chi connectivity index (χ0v) is 14.5. The van der Waals surface area contributed by atoms with Crippen LogP contribution in [0.1, 0.15) is 38.2 Å². The molecule has 0 unspecified atom stereocenters. The van der Waals surface area contributed by atoms with Crippen molar-refractivity contribution in [2.24, 2.45) is 0 Å². The standard InChI is InChI=1S/C23H21NO/c1-2-3-4-5-6-7-8-9-18-25-23-16-14-22(15-17-23)21-12-10-20(19-24)11-13-21/h10-17H,2-5,18H2,1H3. The van der Waals surface area contributed by atoms with Gasteiger partial charge in [0.15, 0.2) is 0 Å². The monoisotopic (exact) mass is 327 g/mol. The molecule has 0 atom stereocenters. The lowest BCUT2D eigenvalue weighted by Gasteiger charge is -2.05. The number of nitriles is 1. The molecule has 2 rings (SSSR count). The van der Waals surface area contributed by atoms with E-state index in [1.807, 2.05) is 48.5 Å². The van der Waals surface area contributed by atoms with Crippen molar-refractivity contribution in [1.29, 1.82) is 5.26 Å². The summed E-state index contributed by atoms with van der Waals surface area (Å²) in [6.07, 6.45) is 4.50. The molecule has 0 radical (unpaired) electrons. The topological polar surface area (TPSA) is 33.0 Å². The molecule has 0 amide bonds. The van der Waals surface area contributed by atoms with E-state index >= 15 is 0 Å². The zero-order chi connectivity index (χ0) is 17.7. The first kappa shape index (κ1) is 18.2. The van der Waals surface area contributed by atoms with Gasteiger partial charge in [0.25, 0.3) is 0 Å². The Labute approximate surface area is 150 Å². The van der Waals surface area contributed by atoms with Crippen LogP contribution in [0.2, 0.25) is 0 Å². The lowest BCUT2D eigenvalue weighted by molar-refractivity contribution is 0.370. The first-order chi connectivity index (χ1) is 12.3. The predicted octanol–water partition coefficient (Wildman–Crippen LogP) is 5.19. The largest absolute Gasteiger partial charge is 0.481 e. The van der Waals surface area contributed by atoms with Gasteiger partial charge in [-0.2, -0.15) is 5.26 Å². The first-order valence-corrected chi connectivity index (χ1v) is 8.52. The van der Waals surface area contributed by atoms with Crippen molar-refractivity contribution in [3.05, 3.63) is 54.1 Å². The van der Waals surface area contributed by atoms with Crippen LogP contribution in [0, 0.1) is 35.0 Å². The van der Waals surface area contributed by atoms with Gasteiger partial charge in [-0.3, -0.25) is 0 Å². The van der Waals surface area contributed by atoms with Gasteiger partial charge in [0.2, 0.25) is 0 Å². The van der Waals surface area contributed by atoms with Crippen LogP contribution in [-0.4, -0.2) is 6.61 Å². The Morgan fingerprint density at radius 2 is 1.48 bits per heavy atom. The molecule has 0 N–H and O–H groups in total.